The SMILES string of the molecule is CC(C(=O)O)c1cccc(NC(=O)CCCc2ccc(F)c(F)c2)c1. The molecular weight excluding hydrogens is 328 g/mol. The maximum absolute atomic E-state index is 13.1. The van der Waals surface area contributed by atoms with Crippen molar-refractivity contribution in [2.24, 2.45) is 0 Å². The Morgan fingerprint density at radius 1 is 1.12 bits per heavy atom. The van der Waals surface area contributed by atoms with Crippen LogP contribution in [0.1, 0.15) is 36.8 Å². The molecule has 0 spiro atoms. The van der Waals surface area contributed by atoms with Crippen LogP contribution < -0.4 is 5.32 Å². The second-order valence-corrected chi connectivity index (χ2v) is 5.84. The number of aliphatic carboxylic acids is 1. The number of carboxylic acids is 1. The molecule has 132 valence electrons. The molecular formula is C19H19F2NO3. The minimum atomic E-state index is -0.935. The molecule has 0 bridgehead atoms. The second kappa shape index (κ2) is 8.37. The number of amides is 1. The molecule has 0 saturated heterocycles. The van der Waals surface area contributed by atoms with E-state index in [0.717, 1.165) is 12.1 Å². The molecule has 1 atom stereocenters. The van der Waals surface area contributed by atoms with Gasteiger partial charge >= 0.3 is 5.97 Å². The summed E-state index contributed by atoms with van der Waals surface area (Å²) >= 11 is 0. The predicted octanol–water partition coefficient (Wildman–Crippen LogP) is 4.11. The van der Waals surface area contributed by atoms with E-state index in [9.17, 15) is 18.4 Å². The zero-order chi connectivity index (χ0) is 18.4. The smallest absolute Gasteiger partial charge is 0.310 e. The van der Waals surface area contributed by atoms with Gasteiger partial charge in [-0.15, -0.1) is 0 Å². The highest BCUT2D eigenvalue weighted by Gasteiger charge is 2.14. The van der Waals surface area contributed by atoms with Gasteiger partial charge in [0.25, 0.3) is 0 Å². The molecule has 0 aliphatic carbocycles. The summed E-state index contributed by atoms with van der Waals surface area (Å²) in [6, 6.07) is 10.4. The first kappa shape index (κ1) is 18.6. The van der Waals surface area contributed by atoms with Crippen molar-refractivity contribution in [3.63, 3.8) is 0 Å². The zero-order valence-electron chi connectivity index (χ0n) is 13.8. The molecule has 0 radical (unpaired) electrons. The van der Waals surface area contributed by atoms with Crippen LogP contribution in [0.25, 0.3) is 0 Å². The lowest BCUT2D eigenvalue weighted by Gasteiger charge is -2.10. The van der Waals surface area contributed by atoms with Gasteiger partial charge in [0.2, 0.25) is 5.91 Å². The topological polar surface area (TPSA) is 66.4 Å². The summed E-state index contributed by atoms with van der Waals surface area (Å²) in [5.41, 5.74) is 1.76. The molecule has 0 heterocycles. The number of anilines is 1. The highest BCUT2D eigenvalue weighted by molar-refractivity contribution is 5.91. The molecule has 0 saturated carbocycles. The summed E-state index contributed by atoms with van der Waals surface area (Å²) in [5.74, 6) is -3.61. The van der Waals surface area contributed by atoms with Crippen molar-refractivity contribution >= 4 is 17.6 Å². The molecule has 6 heteroatoms. The van der Waals surface area contributed by atoms with E-state index in [-0.39, 0.29) is 12.3 Å². The predicted molar refractivity (Wildman–Crippen MR) is 90.4 cm³/mol. The summed E-state index contributed by atoms with van der Waals surface area (Å²) < 4.78 is 26.0. The van der Waals surface area contributed by atoms with Crippen molar-refractivity contribution in [2.45, 2.75) is 32.1 Å². The van der Waals surface area contributed by atoms with Crippen molar-refractivity contribution < 1.29 is 23.5 Å². The van der Waals surface area contributed by atoms with E-state index in [1.807, 2.05) is 0 Å². The van der Waals surface area contributed by atoms with Gasteiger partial charge in [-0.05, 0) is 55.2 Å². The molecule has 2 rings (SSSR count). The molecule has 4 nitrogen and oxygen atoms in total. The Balaban J connectivity index is 1.87. The van der Waals surface area contributed by atoms with Gasteiger partial charge in [0.1, 0.15) is 0 Å². The van der Waals surface area contributed by atoms with Gasteiger partial charge in [0.15, 0.2) is 11.6 Å². The molecule has 2 aromatic carbocycles. The lowest BCUT2D eigenvalue weighted by Crippen LogP contribution is -2.13. The normalized spacial score (nSPS) is 11.8. The Bertz CT molecular complexity index is 777. The maximum atomic E-state index is 13.1. The van der Waals surface area contributed by atoms with Crippen molar-refractivity contribution in [2.75, 3.05) is 5.32 Å². The quantitative estimate of drug-likeness (QED) is 0.792. The van der Waals surface area contributed by atoms with Crippen molar-refractivity contribution in [3.05, 3.63) is 65.2 Å². The molecule has 1 amide bonds. The number of aryl methyl sites for hydroxylation is 1. The van der Waals surface area contributed by atoms with Crippen LogP contribution in [-0.4, -0.2) is 17.0 Å². The first-order chi connectivity index (χ1) is 11.9. The first-order valence-electron chi connectivity index (χ1n) is 7.93. The minimum Gasteiger partial charge on any atom is -0.481 e. The average Bonchev–Trinajstić information content (AvgIpc) is 2.57. The molecule has 0 aliphatic heterocycles. The Morgan fingerprint density at radius 2 is 1.88 bits per heavy atom. The van der Waals surface area contributed by atoms with Crippen LogP contribution in [0.2, 0.25) is 0 Å². The molecule has 2 aromatic rings. The third-order valence-electron chi connectivity index (χ3n) is 3.89. The van der Waals surface area contributed by atoms with Crippen LogP contribution in [0.4, 0.5) is 14.5 Å². The molecule has 1 unspecified atom stereocenters. The lowest BCUT2D eigenvalue weighted by molar-refractivity contribution is -0.138. The Hall–Kier alpha value is -2.76. The number of halogens is 2. The van der Waals surface area contributed by atoms with E-state index in [0.29, 0.717) is 29.7 Å². The Labute approximate surface area is 144 Å². The van der Waals surface area contributed by atoms with E-state index in [1.54, 1.807) is 31.2 Å². The highest BCUT2D eigenvalue weighted by Crippen LogP contribution is 2.20. The minimum absolute atomic E-state index is 0.220. The monoisotopic (exact) mass is 347 g/mol. The van der Waals surface area contributed by atoms with Gasteiger partial charge in [0, 0.05) is 12.1 Å². The van der Waals surface area contributed by atoms with Crippen molar-refractivity contribution in [1.82, 2.24) is 0 Å². The fourth-order valence-electron chi connectivity index (χ4n) is 2.40. The largest absolute Gasteiger partial charge is 0.481 e. The van der Waals surface area contributed by atoms with Crippen LogP contribution in [0.3, 0.4) is 0 Å². The average molecular weight is 347 g/mol. The second-order valence-electron chi connectivity index (χ2n) is 5.84. The van der Waals surface area contributed by atoms with Gasteiger partial charge in [-0.2, -0.15) is 0 Å². The van der Waals surface area contributed by atoms with Crippen LogP contribution in [-0.2, 0) is 16.0 Å². The van der Waals surface area contributed by atoms with E-state index < -0.39 is 23.5 Å². The number of hydrogen-bond acceptors (Lipinski definition) is 2. The highest BCUT2D eigenvalue weighted by atomic mass is 19.2. The molecule has 2 N–H and O–H groups in total. The van der Waals surface area contributed by atoms with Crippen LogP contribution in [0.5, 0.6) is 0 Å². The fourth-order valence-corrected chi connectivity index (χ4v) is 2.40. The van der Waals surface area contributed by atoms with Crippen molar-refractivity contribution in [3.8, 4) is 0 Å². The maximum Gasteiger partial charge on any atom is 0.310 e. The van der Waals surface area contributed by atoms with Gasteiger partial charge < -0.3 is 10.4 Å². The summed E-state index contributed by atoms with van der Waals surface area (Å²) in [7, 11) is 0. The number of carboxylic acid groups (broad SMARTS) is 1. The number of benzene rings is 2. The van der Waals surface area contributed by atoms with Gasteiger partial charge in [-0.3, -0.25) is 9.59 Å². The molecule has 0 aromatic heterocycles. The summed E-state index contributed by atoms with van der Waals surface area (Å²) in [6.07, 6.45) is 1.17. The lowest BCUT2D eigenvalue weighted by atomic mass is 10.0. The summed E-state index contributed by atoms with van der Waals surface area (Å²) in [6.45, 7) is 1.57. The Kier molecular flexibility index (Phi) is 6.22. The van der Waals surface area contributed by atoms with Crippen LogP contribution >= 0.6 is 0 Å². The van der Waals surface area contributed by atoms with Gasteiger partial charge in [-0.25, -0.2) is 8.78 Å². The van der Waals surface area contributed by atoms with E-state index in [4.69, 9.17) is 5.11 Å². The summed E-state index contributed by atoms with van der Waals surface area (Å²) in [4.78, 5) is 23.0. The first-order valence-corrected chi connectivity index (χ1v) is 7.93. The van der Waals surface area contributed by atoms with E-state index in [1.165, 1.54) is 6.07 Å². The number of hydrogen-bond donors (Lipinski definition) is 2. The molecule has 25 heavy (non-hydrogen) atoms. The van der Waals surface area contributed by atoms with Gasteiger partial charge in [-0.1, -0.05) is 18.2 Å². The number of rotatable bonds is 7. The molecule has 0 fully saturated rings. The van der Waals surface area contributed by atoms with Crippen LogP contribution in [0.15, 0.2) is 42.5 Å². The standard InChI is InChI=1S/C19H19F2NO3/c1-12(19(24)25)14-5-3-6-15(11-14)22-18(23)7-2-4-13-8-9-16(20)17(21)10-13/h3,5-6,8-12H,2,4,7H2,1H3,(H,22,23)(H,24,25). The number of nitrogens with one attached hydrogen (secondary N) is 1. The molecule has 0 aliphatic rings. The fraction of sp³-hybridized carbons (Fsp3) is 0.263. The third kappa shape index (κ3) is 5.38. The summed E-state index contributed by atoms with van der Waals surface area (Å²) in [5, 5.41) is 11.7. The van der Waals surface area contributed by atoms with Gasteiger partial charge in [0.05, 0.1) is 5.92 Å². The third-order valence-corrected chi connectivity index (χ3v) is 3.89. The zero-order valence-corrected chi connectivity index (χ0v) is 13.8. The number of carbonyl (C=O) groups excluding carboxylic acids is 1. The Morgan fingerprint density at radius 3 is 2.56 bits per heavy atom. The van der Waals surface area contributed by atoms with Crippen molar-refractivity contribution in [1.29, 1.82) is 0 Å². The van der Waals surface area contributed by atoms with E-state index in [2.05, 4.69) is 5.32 Å². The van der Waals surface area contributed by atoms with E-state index >= 15 is 0 Å². The van der Waals surface area contributed by atoms with Crippen LogP contribution in [0, 0.1) is 11.6 Å². The number of carbonyl (C=O) groups is 2.